The van der Waals surface area contributed by atoms with E-state index in [1.165, 1.54) is 19.6 Å². The minimum atomic E-state index is -4.44. The number of rotatable bonds is 5. The van der Waals surface area contributed by atoms with Crippen LogP contribution in [0.1, 0.15) is 37.7 Å². The first-order valence-corrected chi connectivity index (χ1v) is 10.3. The van der Waals surface area contributed by atoms with Crippen LogP contribution in [0, 0.1) is 0 Å². The largest absolute Gasteiger partial charge is 0.496 e. The Bertz CT molecular complexity index is 1090. The molecule has 3 aromatic rings. The summed E-state index contributed by atoms with van der Waals surface area (Å²) in [5, 5.41) is 3.10. The molecule has 1 N–H and O–H groups in total. The number of hydrogen-bond acceptors (Lipinski definition) is 3. The topological polar surface area (TPSA) is 56.2 Å². The highest BCUT2D eigenvalue weighted by Crippen LogP contribution is 2.37. The van der Waals surface area contributed by atoms with Crippen LogP contribution < -0.4 is 10.1 Å². The molecule has 31 heavy (non-hydrogen) atoms. The third-order valence-corrected chi connectivity index (χ3v) is 5.75. The molecule has 164 valence electrons. The van der Waals surface area contributed by atoms with Gasteiger partial charge in [0.25, 0.3) is 0 Å². The van der Waals surface area contributed by atoms with Gasteiger partial charge in [-0.05, 0) is 42.7 Å². The molecule has 0 unspecified atom stereocenters. The zero-order valence-electron chi connectivity index (χ0n) is 17.2. The van der Waals surface area contributed by atoms with E-state index in [1.807, 2.05) is 6.07 Å². The number of ether oxygens (including phenoxy) is 1. The number of alkyl halides is 3. The summed E-state index contributed by atoms with van der Waals surface area (Å²) < 4.78 is 46.0. The zero-order chi connectivity index (χ0) is 22.0. The highest BCUT2D eigenvalue weighted by atomic mass is 19.4. The maximum atomic E-state index is 13.0. The van der Waals surface area contributed by atoms with Gasteiger partial charge < -0.3 is 14.6 Å². The smallest absolute Gasteiger partial charge is 0.416 e. The van der Waals surface area contributed by atoms with E-state index in [4.69, 9.17) is 4.74 Å². The van der Waals surface area contributed by atoms with Crippen LogP contribution in [0.2, 0.25) is 0 Å². The van der Waals surface area contributed by atoms with Crippen molar-refractivity contribution in [1.82, 2.24) is 14.9 Å². The number of carbonyl (C=O) groups is 1. The number of amides is 1. The lowest BCUT2D eigenvalue weighted by Gasteiger charge is -2.22. The number of hydrogen-bond donors (Lipinski definition) is 1. The third kappa shape index (κ3) is 4.68. The van der Waals surface area contributed by atoms with Gasteiger partial charge in [0.05, 0.1) is 30.0 Å². The zero-order valence-corrected chi connectivity index (χ0v) is 17.2. The van der Waals surface area contributed by atoms with Crippen molar-refractivity contribution in [2.24, 2.45) is 0 Å². The Morgan fingerprint density at radius 3 is 2.65 bits per heavy atom. The summed E-state index contributed by atoms with van der Waals surface area (Å²) in [5.74, 6) is 0.0974. The van der Waals surface area contributed by atoms with Crippen LogP contribution in [0.15, 0.2) is 42.7 Å². The third-order valence-electron chi connectivity index (χ3n) is 5.75. The van der Waals surface area contributed by atoms with Crippen molar-refractivity contribution in [3.05, 3.63) is 48.3 Å². The quantitative estimate of drug-likeness (QED) is 0.606. The van der Waals surface area contributed by atoms with Crippen molar-refractivity contribution >= 4 is 16.9 Å². The van der Waals surface area contributed by atoms with Gasteiger partial charge in [-0.3, -0.25) is 4.79 Å². The van der Waals surface area contributed by atoms with Gasteiger partial charge in [0.1, 0.15) is 12.3 Å². The second kappa shape index (κ2) is 8.61. The molecule has 0 spiro atoms. The van der Waals surface area contributed by atoms with Crippen molar-refractivity contribution < 1.29 is 22.7 Å². The van der Waals surface area contributed by atoms with Gasteiger partial charge in [-0.2, -0.15) is 13.2 Å². The molecule has 8 heteroatoms. The van der Waals surface area contributed by atoms with Gasteiger partial charge in [-0.1, -0.05) is 31.4 Å². The van der Waals surface area contributed by atoms with Crippen molar-refractivity contribution in [2.45, 2.75) is 50.9 Å². The highest BCUT2D eigenvalue weighted by Gasteiger charge is 2.31. The van der Waals surface area contributed by atoms with Crippen molar-refractivity contribution in [2.75, 3.05) is 7.11 Å². The SMILES string of the molecule is COc1cc(C(F)(F)F)ccc1-c1ccc2c(c1)ncn2CC(=O)NC1CCCCC1. The van der Waals surface area contributed by atoms with Crippen LogP contribution in [0.25, 0.3) is 22.2 Å². The fourth-order valence-corrected chi connectivity index (χ4v) is 4.14. The standard InChI is InChI=1S/C23H24F3N3O2/c1-31-21-12-16(23(24,25)26)8-9-18(21)15-7-10-20-19(11-15)27-14-29(20)13-22(30)28-17-5-3-2-4-6-17/h7-12,14,17H,2-6,13H2,1H3,(H,28,30). The first-order chi connectivity index (χ1) is 14.8. The molecule has 0 radical (unpaired) electrons. The molecule has 1 fully saturated rings. The Hall–Kier alpha value is -3.03. The predicted molar refractivity (Wildman–Crippen MR) is 112 cm³/mol. The number of benzene rings is 2. The molecule has 0 bridgehead atoms. The van der Waals surface area contributed by atoms with Crippen LogP contribution in [0.5, 0.6) is 5.75 Å². The van der Waals surface area contributed by atoms with Gasteiger partial charge in [0, 0.05) is 11.6 Å². The van der Waals surface area contributed by atoms with E-state index in [2.05, 4.69) is 10.3 Å². The number of imidazole rings is 1. The Balaban J connectivity index is 1.55. The molecule has 1 saturated carbocycles. The highest BCUT2D eigenvalue weighted by molar-refractivity contribution is 5.85. The van der Waals surface area contributed by atoms with Gasteiger partial charge in [0.2, 0.25) is 5.91 Å². The number of aromatic nitrogens is 2. The van der Waals surface area contributed by atoms with E-state index in [0.717, 1.165) is 43.3 Å². The van der Waals surface area contributed by atoms with Gasteiger partial charge >= 0.3 is 6.18 Å². The summed E-state index contributed by atoms with van der Waals surface area (Å²) in [6.45, 7) is 0.177. The molecule has 0 saturated heterocycles. The molecular formula is C23H24F3N3O2. The number of nitrogens with zero attached hydrogens (tertiary/aromatic N) is 2. The Morgan fingerprint density at radius 2 is 1.94 bits per heavy atom. The minimum Gasteiger partial charge on any atom is -0.496 e. The van der Waals surface area contributed by atoms with Crippen LogP contribution in [-0.2, 0) is 17.5 Å². The average molecular weight is 431 g/mol. The van der Waals surface area contributed by atoms with E-state index in [1.54, 1.807) is 23.0 Å². The van der Waals surface area contributed by atoms with E-state index >= 15 is 0 Å². The van der Waals surface area contributed by atoms with Crippen molar-refractivity contribution in [3.8, 4) is 16.9 Å². The van der Waals surface area contributed by atoms with Crippen LogP contribution in [0.4, 0.5) is 13.2 Å². The Labute approximate surface area is 178 Å². The number of methoxy groups -OCH3 is 1. The van der Waals surface area contributed by atoms with Crippen LogP contribution in [0.3, 0.4) is 0 Å². The number of carbonyl (C=O) groups excluding carboxylic acids is 1. The first kappa shape index (κ1) is 21.2. The average Bonchev–Trinajstić information content (AvgIpc) is 3.15. The van der Waals surface area contributed by atoms with Crippen molar-refractivity contribution in [1.29, 1.82) is 0 Å². The Morgan fingerprint density at radius 1 is 1.16 bits per heavy atom. The van der Waals surface area contributed by atoms with Gasteiger partial charge in [-0.15, -0.1) is 0 Å². The summed E-state index contributed by atoms with van der Waals surface area (Å²) >= 11 is 0. The molecule has 0 aliphatic heterocycles. The molecule has 2 aromatic carbocycles. The number of nitrogens with one attached hydrogen (secondary N) is 1. The predicted octanol–water partition coefficient (Wildman–Crippen LogP) is 5.18. The molecule has 1 aliphatic carbocycles. The van der Waals surface area contributed by atoms with E-state index in [9.17, 15) is 18.0 Å². The number of fused-ring (bicyclic) bond motifs is 1. The monoisotopic (exact) mass is 431 g/mol. The maximum absolute atomic E-state index is 13.0. The maximum Gasteiger partial charge on any atom is 0.416 e. The summed E-state index contributed by atoms with van der Waals surface area (Å²) in [7, 11) is 1.34. The molecule has 1 aliphatic rings. The normalized spacial score (nSPS) is 15.2. The van der Waals surface area contributed by atoms with Crippen LogP contribution in [-0.4, -0.2) is 28.6 Å². The molecule has 1 heterocycles. The molecule has 1 aromatic heterocycles. The van der Waals surface area contributed by atoms with E-state index < -0.39 is 11.7 Å². The lowest BCUT2D eigenvalue weighted by atomic mass is 9.95. The van der Waals surface area contributed by atoms with E-state index in [0.29, 0.717) is 16.6 Å². The summed E-state index contributed by atoms with van der Waals surface area (Å²) in [6, 6.07) is 9.08. The lowest BCUT2D eigenvalue weighted by Crippen LogP contribution is -2.38. The lowest BCUT2D eigenvalue weighted by molar-refractivity contribution is -0.137. The van der Waals surface area contributed by atoms with Gasteiger partial charge in [0.15, 0.2) is 0 Å². The summed E-state index contributed by atoms with van der Waals surface area (Å²) in [6.07, 6.45) is 2.74. The fraction of sp³-hybridized carbons (Fsp3) is 0.391. The summed E-state index contributed by atoms with van der Waals surface area (Å²) in [4.78, 5) is 16.8. The molecule has 1 amide bonds. The number of halogens is 3. The summed E-state index contributed by atoms with van der Waals surface area (Å²) in [5.41, 5.74) is 1.91. The molecule has 4 rings (SSSR count). The first-order valence-electron chi connectivity index (χ1n) is 10.3. The molecule has 0 atom stereocenters. The second-order valence-corrected chi connectivity index (χ2v) is 7.89. The molecule has 5 nitrogen and oxygen atoms in total. The molecular weight excluding hydrogens is 407 g/mol. The van der Waals surface area contributed by atoms with Crippen LogP contribution >= 0.6 is 0 Å². The minimum absolute atomic E-state index is 0.0420. The van der Waals surface area contributed by atoms with Gasteiger partial charge in [-0.25, -0.2) is 4.98 Å². The Kier molecular flexibility index (Phi) is 5.89. The van der Waals surface area contributed by atoms with E-state index in [-0.39, 0.29) is 24.2 Å². The van der Waals surface area contributed by atoms with Crippen molar-refractivity contribution in [3.63, 3.8) is 0 Å². The fourth-order valence-electron chi connectivity index (χ4n) is 4.14. The second-order valence-electron chi connectivity index (χ2n) is 7.89.